The van der Waals surface area contributed by atoms with Crippen molar-refractivity contribution in [2.45, 2.75) is 13.3 Å². The minimum atomic E-state index is -0.855. The van der Waals surface area contributed by atoms with Gasteiger partial charge in [0.05, 0.1) is 0 Å². The molecule has 92 valence electrons. The second kappa shape index (κ2) is 4.99. The van der Waals surface area contributed by atoms with Crippen LogP contribution in [-0.4, -0.2) is 52.2 Å². The van der Waals surface area contributed by atoms with Crippen LogP contribution in [0.3, 0.4) is 0 Å². The Kier molecular flexibility index (Phi) is 3.41. The van der Waals surface area contributed by atoms with E-state index < -0.39 is 6.09 Å². The van der Waals surface area contributed by atoms with Crippen molar-refractivity contribution in [3.05, 3.63) is 18.0 Å². The molecule has 0 unspecified atom stereocenters. The van der Waals surface area contributed by atoms with E-state index in [0.29, 0.717) is 32.1 Å². The van der Waals surface area contributed by atoms with Crippen molar-refractivity contribution in [3.8, 4) is 0 Å². The lowest BCUT2D eigenvalue weighted by Crippen LogP contribution is -2.48. The summed E-state index contributed by atoms with van der Waals surface area (Å²) < 4.78 is 0. The highest BCUT2D eigenvalue weighted by Gasteiger charge is 2.21. The highest BCUT2D eigenvalue weighted by Crippen LogP contribution is 2.11. The molecule has 1 aromatic rings. The van der Waals surface area contributed by atoms with Gasteiger partial charge in [-0.2, -0.15) is 0 Å². The Morgan fingerprint density at radius 1 is 1.29 bits per heavy atom. The van der Waals surface area contributed by atoms with Crippen LogP contribution in [0.2, 0.25) is 0 Å². The quantitative estimate of drug-likeness (QED) is 0.824. The number of piperazine rings is 1. The lowest BCUT2D eigenvalue weighted by atomic mass is 10.3. The number of aryl methyl sites for hydroxylation is 1. The number of carboxylic acid groups (broad SMARTS) is 1. The van der Waals surface area contributed by atoms with E-state index in [9.17, 15) is 4.79 Å². The number of hydrogen-bond acceptors (Lipinski definition) is 4. The van der Waals surface area contributed by atoms with E-state index in [2.05, 4.69) is 16.9 Å². The largest absolute Gasteiger partial charge is 0.465 e. The Balaban J connectivity index is 1.97. The lowest BCUT2D eigenvalue weighted by Gasteiger charge is -2.32. The van der Waals surface area contributed by atoms with Gasteiger partial charge in [-0.1, -0.05) is 6.92 Å². The van der Waals surface area contributed by atoms with Gasteiger partial charge in [0.1, 0.15) is 0 Å². The van der Waals surface area contributed by atoms with Crippen molar-refractivity contribution < 1.29 is 9.90 Å². The summed E-state index contributed by atoms with van der Waals surface area (Å²) in [5, 5.41) is 8.84. The molecule has 6 nitrogen and oxygen atoms in total. The van der Waals surface area contributed by atoms with E-state index in [1.807, 2.05) is 17.3 Å². The first-order chi connectivity index (χ1) is 8.20. The molecule has 0 bridgehead atoms. The summed E-state index contributed by atoms with van der Waals surface area (Å²) in [7, 11) is 0. The molecule has 0 radical (unpaired) electrons. The highest BCUT2D eigenvalue weighted by molar-refractivity contribution is 5.65. The van der Waals surface area contributed by atoms with Gasteiger partial charge in [-0.15, -0.1) is 0 Å². The minimum Gasteiger partial charge on any atom is -0.465 e. The second-order valence-electron chi connectivity index (χ2n) is 4.00. The number of nitrogens with zero attached hydrogens (tertiary/aromatic N) is 4. The predicted octanol–water partition coefficient (Wildman–Crippen LogP) is 0.839. The fraction of sp³-hybridized carbons (Fsp3) is 0.545. The summed E-state index contributed by atoms with van der Waals surface area (Å²) in [6.45, 7) is 4.38. The zero-order chi connectivity index (χ0) is 12.3. The maximum Gasteiger partial charge on any atom is 0.407 e. The van der Waals surface area contributed by atoms with Gasteiger partial charge in [-0.3, -0.25) is 0 Å². The lowest BCUT2D eigenvalue weighted by molar-refractivity contribution is 0.142. The number of aromatic nitrogens is 2. The van der Waals surface area contributed by atoms with Crippen molar-refractivity contribution in [2.24, 2.45) is 0 Å². The Labute approximate surface area is 99.9 Å². The van der Waals surface area contributed by atoms with Crippen LogP contribution in [0.25, 0.3) is 0 Å². The molecule has 0 atom stereocenters. The Hall–Kier alpha value is -1.85. The van der Waals surface area contributed by atoms with Crippen LogP contribution < -0.4 is 4.90 Å². The molecule has 0 aromatic carbocycles. The van der Waals surface area contributed by atoms with E-state index in [-0.39, 0.29) is 0 Å². The molecule has 1 N–H and O–H groups in total. The van der Waals surface area contributed by atoms with Crippen molar-refractivity contribution in [3.63, 3.8) is 0 Å². The molecular weight excluding hydrogens is 220 g/mol. The number of hydrogen-bond donors (Lipinski definition) is 1. The number of rotatable bonds is 2. The summed E-state index contributed by atoms with van der Waals surface area (Å²) in [5.74, 6) is 0.687. The molecule has 0 spiro atoms. The summed E-state index contributed by atoms with van der Waals surface area (Å²) in [6, 6.07) is 0. The van der Waals surface area contributed by atoms with Gasteiger partial charge in [-0.25, -0.2) is 14.8 Å². The van der Waals surface area contributed by atoms with Crippen LogP contribution >= 0.6 is 0 Å². The minimum absolute atomic E-state index is 0.508. The normalized spacial score (nSPS) is 16.1. The van der Waals surface area contributed by atoms with Crippen molar-refractivity contribution in [1.29, 1.82) is 0 Å². The zero-order valence-electron chi connectivity index (χ0n) is 9.83. The third kappa shape index (κ3) is 2.64. The van der Waals surface area contributed by atoms with Gasteiger partial charge >= 0.3 is 6.09 Å². The number of anilines is 1. The standard InChI is InChI=1S/C11H16N4O2/c1-2-9-7-12-10(13-8-9)14-3-5-15(6-4-14)11(16)17/h7-8H,2-6H2,1H3,(H,16,17). The molecule has 1 amide bonds. The molecule has 0 aliphatic carbocycles. The van der Waals surface area contributed by atoms with E-state index >= 15 is 0 Å². The van der Waals surface area contributed by atoms with Gasteiger partial charge in [0, 0.05) is 38.6 Å². The maximum atomic E-state index is 10.8. The molecule has 2 heterocycles. The molecule has 6 heteroatoms. The molecule has 1 aromatic heterocycles. The first-order valence-electron chi connectivity index (χ1n) is 5.74. The van der Waals surface area contributed by atoms with Gasteiger partial charge in [0.2, 0.25) is 5.95 Å². The van der Waals surface area contributed by atoms with Crippen LogP contribution in [0, 0.1) is 0 Å². The van der Waals surface area contributed by atoms with Crippen LogP contribution in [0.4, 0.5) is 10.7 Å². The SMILES string of the molecule is CCc1cnc(N2CCN(C(=O)O)CC2)nc1. The van der Waals surface area contributed by atoms with Gasteiger partial charge in [0.25, 0.3) is 0 Å². The van der Waals surface area contributed by atoms with Gasteiger partial charge in [0.15, 0.2) is 0 Å². The molecule has 1 fully saturated rings. The van der Waals surface area contributed by atoms with Gasteiger partial charge < -0.3 is 14.9 Å². The smallest absolute Gasteiger partial charge is 0.407 e. The molecule has 2 rings (SSSR count). The van der Waals surface area contributed by atoms with Crippen LogP contribution in [0.15, 0.2) is 12.4 Å². The molecule has 1 aliphatic heterocycles. The summed E-state index contributed by atoms with van der Waals surface area (Å²) in [5.41, 5.74) is 1.11. The zero-order valence-corrected chi connectivity index (χ0v) is 9.83. The summed E-state index contributed by atoms with van der Waals surface area (Å²) >= 11 is 0. The molecule has 0 saturated carbocycles. The van der Waals surface area contributed by atoms with Crippen LogP contribution in [-0.2, 0) is 6.42 Å². The predicted molar refractivity (Wildman–Crippen MR) is 63.2 cm³/mol. The fourth-order valence-electron chi connectivity index (χ4n) is 1.79. The van der Waals surface area contributed by atoms with Crippen molar-refractivity contribution in [1.82, 2.24) is 14.9 Å². The maximum absolute atomic E-state index is 10.8. The van der Waals surface area contributed by atoms with E-state index in [4.69, 9.17) is 5.11 Å². The van der Waals surface area contributed by atoms with Crippen molar-refractivity contribution in [2.75, 3.05) is 31.1 Å². The van der Waals surface area contributed by atoms with E-state index in [1.54, 1.807) is 0 Å². The first-order valence-corrected chi connectivity index (χ1v) is 5.74. The summed E-state index contributed by atoms with van der Waals surface area (Å²) in [4.78, 5) is 22.8. The third-order valence-electron chi connectivity index (χ3n) is 2.93. The average molecular weight is 236 g/mol. The second-order valence-corrected chi connectivity index (χ2v) is 4.00. The Morgan fingerprint density at radius 3 is 2.35 bits per heavy atom. The molecular formula is C11H16N4O2. The van der Waals surface area contributed by atoms with Gasteiger partial charge in [-0.05, 0) is 12.0 Å². The Morgan fingerprint density at radius 2 is 1.88 bits per heavy atom. The fourth-order valence-corrected chi connectivity index (χ4v) is 1.79. The topological polar surface area (TPSA) is 69.6 Å². The number of carbonyl (C=O) groups is 1. The van der Waals surface area contributed by atoms with E-state index in [0.717, 1.165) is 12.0 Å². The molecule has 17 heavy (non-hydrogen) atoms. The van der Waals surface area contributed by atoms with Crippen LogP contribution in [0.1, 0.15) is 12.5 Å². The summed E-state index contributed by atoms with van der Waals surface area (Å²) in [6.07, 6.45) is 3.72. The van der Waals surface area contributed by atoms with Crippen LogP contribution in [0.5, 0.6) is 0 Å². The van der Waals surface area contributed by atoms with E-state index in [1.165, 1.54) is 4.90 Å². The average Bonchev–Trinajstić information content (AvgIpc) is 2.39. The Bertz CT molecular complexity index is 385. The van der Waals surface area contributed by atoms with Crippen molar-refractivity contribution >= 4 is 12.0 Å². The molecule has 1 saturated heterocycles. The third-order valence-corrected chi connectivity index (χ3v) is 2.93. The monoisotopic (exact) mass is 236 g/mol. The molecule has 1 aliphatic rings. The first kappa shape index (κ1) is 11.6. The highest BCUT2D eigenvalue weighted by atomic mass is 16.4. The number of amides is 1.